The topological polar surface area (TPSA) is 76.1 Å². The van der Waals surface area contributed by atoms with E-state index in [0.29, 0.717) is 30.9 Å². The summed E-state index contributed by atoms with van der Waals surface area (Å²) in [6.45, 7) is 4.69. The second-order valence-electron chi connectivity index (χ2n) is 7.79. The summed E-state index contributed by atoms with van der Waals surface area (Å²) in [4.78, 5) is 27.7. The number of nitrogens with zero attached hydrogens (tertiary/aromatic N) is 1. The van der Waals surface area contributed by atoms with Gasteiger partial charge in [-0.3, -0.25) is 9.59 Å². The maximum absolute atomic E-state index is 13.2. The van der Waals surface area contributed by atoms with E-state index in [1.54, 1.807) is 18.2 Å². The fourth-order valence-electron chi connectivity index (χ4n) is 3.73. The number of aliphatic hydroxyl groups is 1. The molecule has 1 aliphatic rings. The molecule has 168 valence electrons. The monoisotopic (exact) mass is 435 g/mol. The van der Waals surface area contributed by atoms with Crippen LogP contribution in [0, 0.1) is 0 Å². The third-order valence-electron chi connectivity index (χ3n) is 5.22. The molecule has 1 aliphatic heterocycles. The van der Waals surface area contributed by atoms with E-state index in [0.717, 1.165) is 5.56 Å². The highest BCUT2D eigenvalue weighted by Crippen LogP contribution is 2.41. The maximum Gasteiger partial charge on any atom is 0.290 e. The molecule has 3 rings (SSSR count). The van der Waals surface area contributed by atoms with Crippen molar-refractivity contribution >= 4 is 17.8 Å². The van der Waals surface area contributed by atoms with Gasteiger partial charge in [-0.1, -0.05) is 54.6 Å². The number of hydrogen-bond donors (Lipinski definition) is 1. The Kier molecular flexibility index (Phi) is 7.84. The van der Waals surface area contributed by atoms with Crippen molar-refractivity contribution in [3.8, 4) is 5.75 Å². The predicted molar refractivity (Wildman–Crippen MR) is 123 cm³/mol. The second-order valence-corrected chi connectivity index (χ2v) is 7.79. The number of aliphatic hydroxyl groups excluding tert-OH is 1. The van der Waals surface area contributed by atoms with E-state index in [1.165, 1.54) is 18.1 Å². The van der Waals surface area contributed by atoms with Gasteiger partial charge in [-0.25, -0.2) is 0 Å². The Bertz CT molecular complexity index is 1010. The van der Waals surface area contributed by atoms with Gasteiger partial charge in [0.15, 0.2) is 11.5 Å². The summed E-state index contributed by atoms with van der Waals surface area (Å²) in [6.07, 6.45) is 3.72. The van der Waals surface area contributed by atoms with Crippen molar-refractivity contribution in [2.45, 2.75) is 32.4 Å². The minimum absolute atomic E-state index is 0.0523. The number of ether oxygens (including phenoxy) is 2. The van der Waals surface area contributed by atoms with Gasteiger partial charge in [-0.2, -0.15) is 0 Å². The molecule has 2 aromatic carbocycles. The molecule has 0 saturated carbocycles. The number of rotatable bonds is 10. The molecule has 0 radical (unpaired) electrons. The zero-order chi connectivity index (χ0) is 23.1. The molecule has 0 fully saturated rings. The van der Waals surface area contributed by atoms with Gasteiger partial charge in [-0.15, -0.1) is 0 Å². The number of para-hydroxylation sites is 1. The van der Waals surface area contributed by atoms with E-state index < -0.39 is 23.5 Å². The summed E-state index contributed by atoms with van der Waals surface area (Å²) in [5.41, 5.74) is 1.55. The van der Waals surface area contributed by atoms with Crippen molar-refractivity contribution in [1.29, 1.82) is 0 Å². The average molecular weight is 436 g/mol. The fourth-order valence-corrected chi connectivity index (χ4v) is 3.73. The summed E-state index contributed by atoms with van der Waals surface area (Å²) >= 11 is 0. The molecule has 1 amide bonds. The molecule has 0 saturated heterocycles. The van der Waals surface area contributed by atoms with E-state index in [2.05, 4.69) is 0 Å². The van der Waals surface area contributed by atoms with Gasteiger partial charge in [-0.05, 0) is 38.0 Å². The summed E-state index contributed by atoms with van der Waals surface area (Å²) in [5.74, 6) is -0.965. The number of benzene rings is 2. The molecular formula is C26H29NO5. The molecule has 1 N–H and O–H groups in total. The Hall–Kier alpha value is -3.38. The van der Waals surface area contributed by atoms with Crippen LogP contribution in [0.3, 0.4) is 0 Å². The largest absolute Gasteiger partial charge is 0.503 e. The third kappa shape index (κ3) is 5.26. The molecule has 6 heteroatoms. The Morgan fingerprint density at radius 1 is 1.12 bits per heavy atom. The molecule has 32 heavy (non-hydrogen) atoms. The summed E-state index contributed by atoms with van der Waals surface area (Å²) < 4.78 is 11.1. The lowest BCUT2D eigenvalue weighted by molar-refractivity contribution is -0.129. The van der Waals surface area contributed by atoms with Crippen molar-refractivity contribution in [2.75, 3.05) is 20.3 Å². The smallest absolute Gasteiger partial charge is 0.290 e. The van der Waals surface area contributed by atoms with E-state index in [9.17, 15) is 14.7 Å². The van der Waals surface area contributed by atoms with Crippen molar-refractivity contribution in [3.05, 3.63) is 83.1 Å². The highest BCUT2D eigenvalue weighted by atomic mass is 16.5. The van der Waals surface area contributed by atoms with E-state index in [1.807, 2.05) is 56.3 Å². The lowest BCUT2D eigenvalue weighted by Crippen LogP contribution is -2.33. The van der Waals surface area contributed by atoms with Gasteiger partial charge in [0.05, 0.1) is 24.8 Å². The third-order valence-corrected chi connectivity index (χ3v) is 5.22. The van der Waals surface area contributed by atoms with Crippen LogP contribution >= 0.6 is 0 Å². The summed E-state index contributed by atoms with van der Waals surface area (Å²) in [5, 5.41) is 10.7. The van der Waals surface area contributed by atoms with Crippen LogP contribution in [-0.4, -0.2) is 48.1 Å². The molecule has 1 atom stereocenters. The predicted octanol–water partition coefficient (Wildman–Crippen LogP) is 4.49. The van der Waals surface area contributed by atoms with Crippen LogP contribution in [0.2, 0.25) is 0 Å². The maximum atomic E-state index is 13.2. The molecule has 0 aliphatic carbocycles. The molecule has 0 aromatic heterocycles. The number of carbonyl (C=O) groups is 2. The second kappa shape index (κ2) is 10.8. The first kappa shape index (κ1) is 23.3. The van der Waals surface area contributed by atoms with Crippen molar-refractivity contribution in [3.63, 3.8) is 0 Å². The van der Waals surface area contributed by atoms with Crippen LogP contribution < -0.4 is 4.74 Å². The molecule has 2 aromatic rings. The number of ketones is 1. The normalized spacial score (nSPS) is 16.4. The molecular weight excluding hydrogens is 406 g/mol. The van der Waals surface area contributed by atoms with E-state index in [-0.39, 0.29) is 11.7 Å². The Balaban J connectivity index is 1.94. The molecule has 0 unspecified atom stereocenters. The number of hydrogen-bond acceptors (Lipinski definition) is 5. The van der Waals surface area contributed by atoms with Crippen LogP contribution in [0.4, 0.5) is 0 Å². The Labute approximate surface area is 188 Å². The van der Waals surface area contributed by atoms with Crippen molar-refractivity contribution in [1.82, 2.24) is 4.90 Å². The number of carbonyl (C=O) groups excluding carboxylic acids is 2. The average Bonchev–Trinajstić information content (AvgIpc) is 3.05. The first-order valence-electron chi connectivity index (χ1n) is 10.7. The van der Waals surface area contributed by atoms with Crippen molar-refractivity contribution < 1.29 is 24.2 Å². The van der Waals surface area contributed by atoms with Gasteiger partial charge >= 0.3 is 0 Å². The minimum Gasteiger partial charge on any atom is -0.503 e. The summed E-state index contributed by atoms with van der Waals surface area (Å²) in [7, 11) is 1.54. The SMILES string of the molecule is COc1ccccc1[C@H]1C(C(=O)/C=C/c2ccccc2)=C(O)C(=O)N1CCCOC(C)C. The van der Waals surface area contributed by atoms with Gasteiger partial charge in [0.2, 0.25) is 0 Å². The van der Waals surface area contributed by atoms with Gasteiger partial charge in [0.25, 0.3) is 5.91 Å². The quantitative estimate of drug-likeness (QED) is 0.440. The van der Waals surface area contributed by atoms with Gasteiger partial charge < -0.3 is 19.5 Å². The molecule has 0 bridgehead atoms. The summed E-state index contributed by atoms with van der Waals surface area (Å²) in [6, 6.07) is 15.9. The molecule has 1 heterocycles. The lowest BCUT2D eigenvalue weighted by Gasteiger charge is -2.27. The fraction of sp³-hybridized carbons (Fsp3) is 0.308. The Morgan fingerprint density at radius 2 is 1.81 bits per heavy atom. The number of amides is 1. The first-order valence-corrected chi connectivity index (χ1v) is 10.7. The standard InChI is InChI=1S/C26H29NO5/c1-18(2)32-17-9-16-27-24(20-12-7-8-13-22(20)31-3)23(25(29)26(27)30)21(28)15-14-19-10-5-4-6-11-19/h4-8,10-15,18,24,29H,9,16-17H2,1-3H3/b15-14+/t24-/m0/s1. The highest BCUT2D eigenvalue weighted by molar-refractivity contribution is 6.14. The minimum atomic E-state index is -0.745. The zero-order valence-electron chi connectivity index (χ0n) is 18.7. The van der Waals surface area contributed by atoms with Crippen LogP contribution in [0.25, 0.3) is 6.08 Å². The van der Waals surface area contributed by atoms with Crippen LogP contribution in [0.15, 0.2) is 72.0 Å². The van der Waals surface area contributed by atoms with Crippen LogP contribution in [0.5, 0.6) is 5.75 Å². The van der Waals surface area contributed by atoms with Crippen molar-refractivity contribution in [2.24, 2.45) is 0 Å². The van der Waals surface area contributed by atoms with Crippen LogP contribution in [0.1, 0.15) is 37.4 Å². The molecule has 6 nitrogen and oxygen atoms in total. The lowest BCUT2D eigenvalue weighted by atomic mass is 9.94. The first-order chi connectivity index (χ1) is 15.4. The van der Waals surface area contributed by atoms with E-state index in [4.69, 9.17) is 9.47 Å². The highest BCUT2D eigenvalue weighted by Gasteiger charge is 2.43. The number of methoxy groups -OCH3 is 1. The van der Waals surface area contributed by atoms with Gasteiger partial charge in [0.1, 0.15) is 5.75 Å². The zero-order valence-corrected chi connectivity index (χ0v) is 18.7. The van der Waals surface area contributed by atoms with Gasteiger partial charge in [0, 0.05) is 18.7 Å². The van der Waals surface area contributed by atoms with E-state index >= 15 is 0 Å². The number of allylic oxidation sites excluding steroid dienone is 1. The van der Waals surface area contributed by atoms with Crippen LogP contribution in [-0.2, 0) is 14.3 Å². The Morgan fingerprint density at radius 3 is 2.50 bits per heavy atom. The molecule has 0 spiro atoms.